The lowest BCUT2D eigenvalue weighted by molar-refractivity contribution is 0.0689. The van der Waals surface area contributed by atoms with Crippen molar-refractivity contribution in [3.05, 3.63) is 48.4 Å². The Morgan fingerprint density at radius 3 is 2.65 bits per heavy atom. The van der Waals surface area contributed by atoms with Crippen LogP contribution in [0.25, 0.3) is 10.9 Å². The van der Waals surface area contributed by atoms with Crippen LogP contribution in [0.2, 0.25) is 0 Å². The van der Waals surface area contributed by atoms with Crippen LogP contribution in [0.15, 0.2) is 52.8 Å². The highest BCUT2D eigenvalue weighted by molar-refractivity contribution is 7.99. The van der Waals surface area contributed by atoms with Gasteiger partial charge >= 0.3 is 5.97 Å². The Morgan fingerprint density at radius 1 is 1.05 bits per heavy atom. The third-order valence-electron chi connectivity index (χ3n) is 2.57. The summed E-state index contributed by atoms with van der Waals surface area (Å²) in [6.07, 6.45) is 1.49. The molecule has 3 rings (SSSR count). The second-order valence-electron chi connectivity index (χ2n) is 3.86. The number of para-hydroxylation sites is 1. The first-order valence-corrected chi connectivity index (χ1v) is 6.50. The summed E-state index contributed by atoms with van der Waals surface area (Å²) in [6, 6.07) is 10.7. The fourth-order valence-electron chi connectivity index (χ4n) is 1.65. The summed E-state index contributed by atoms with van der Waals surface area (Å²) in [6.45, 7) is 0. The zero-order valence-corrected chi connectivity index (χ0v) is 10.9. The number of aromatic carboxylic acids is 1. The SMILES string of the molecule is O=C(O)c1ccc(Sc2ncnc3ccccc23)nn1. The average molecular weight is 284 g/mol. The van der Waals surface area contributed by atoms with Crippen LogP contribution >= 0.6 is 11.8 Å². The molecule has 0 bridgehead atoms. The second-order valence-corrected chi connectivity index (χ2v) is 4.87. The third kappa shape index (κ3) is 2.43. The lowest BCUT2D eigenvalue weighted by Gasteiger charge is -2.03. The first kappa shape index (κ1) is 12.5. The van der Waals surface area contributed by atoms with Gasteiger partial charge < -0.3 is 5.11 Å². The van der Waals surface area contributed by atoms with Gasteiger partial charge in [0.2, 0.25) is 0 Å². The Bertz CT molecular complexity index is 771. The molecule has 2 heterocycles. The quantitative estimate of drug-likeness (QED) is 0.738. The number of aromatic nitrogens is 4. The minimum Gasteiger partial charge on any atom is -0.476 e. The van der Waals surface area contributed by atoms with Crippen molar-refractivity contribution >= 4 is 28.6 Å². The van der Waals surface area contributed by atoms with Gasteiger partial charge in [0.15, 0.2) is 5.69 Å². The van der Waals surface area contributed by atoms with Crippen LogP contribution in [-0.2, 0) is 0 Å². The normalized spacial score (nSPS) is 10.6. The van der Waals surface area contributed by atoms with Gasteiger partial charge in [-0.05, 0) is 30.0 Å². The Morgan fingerprint density at radius 2 is 1.90 bits per heavy atom. The molecule has 1 N–H and O–H groups in total. The van der Waals surface area contributed by atoms with E-state index in [-0.39, 0.29) is 5.69 Å². The summed E-state index contributed by atoms with van der Waals surface area (Å²) >= 11 is 1.32. The lowest BCUT2D eigenvalue weighted by atomic mass is 10.2. The number of carbonyl (C=O) groups is 1. The zero-order valence-electron chi connectivity index (χ0n) is 10.1. The van der Waals surface area contributed by atoms with Crippen molar-refractivity contribution in [3.8, 4) is 0 Å². The Balaban J connectivity index is 1.95. The molecule has 2 aromatic heterocycles. The van der Waals surface area contributed by atoms with Crippen molar-refractivity contribution in [3.63, 3.8) is 0 Å². The van der Waals surface area contributed by atoms with Crippen LogP contribution in [-0.4, -0.2) is 31.2 Å². The molecule has 0 spiro atoms. The largest absolute Gasteiger partial charge is 0.476 e. The van der Waals surface area contributed by atoms with Gasteiger partial charge in [-0.3, -0.25) is 0 Å². The molecule has 0 saturated carbocycles. The van der Waals surface area contributed by atoms with Gasteiger partial charge in [-0.25, -0.2) is 14.8 Å². The number of rotatable bonds is 3. The van der Waals surface area contributed by atoms with Crippen LogP contribution < -0.4 is 0 Å². The fourth-order valence-corrected chi connectivity index (χ4v) is 2.45. The monoisotopic (exact) mass is 284 g/mol. The molecule has 0 aliphatic heterocycles. The minimum absolute atomic E-state index is 0.0816. The van der Waals surface area contributed by atoms with Gasteiger partial charge in [0.05, 0.1) is 5.52 Å². The summed E-state index contributed by atoms with van der Waals surface area (Å²) in [5, 5.41) is 18.6. The van der Waals surface area contributed by atoms with Crippen molar-refractivity contribution in [2.75, 3.05) is 0 Å². The molecule has 98 valence electrons. The number of nitrogens with zero attached hydrogens (tertiary/aromatic N) is 4. The number of hydrogen-bond acceptors (Lipinski definition) is 6. The number of benzene rings is 1. The summed E-state index contributed by atoms with van der Waals surface area (Å²) in [7, 11) is 0. The van der Waals surface area contributed by atoms with E-state index in [0.29, 0.717) is 5.03 Å². The van der Waals surface area contributed by atoms with Crippen molar-refractivity contribution in [2.45, 2.75) is 10.1 Å². The number of carboxylic acids is 1. The topological polar surface area (TPSA) is 88.9 Å². The summed E-state index contributed by atoms with van der Waals surface area (Å²) in [5.41, 5.74) is 0.766. The van der Waals surface area contributed by atoms with Crippen molar-refractivity contribution in [1.82, 2.24) is 20.2 Å². The van der Waals surface area contributed by atoms with Crippen molar-refractivity contribution in [1.29, 1.82) is 0 Å². The Labute approximate surface area is 117 Å². The maximum Gasteiger partial charge on any atom is 0.356 e. The Hall–Kier alpha value is -2.54. The first-order chi connectivity index (χ1) is 9.74. The summed E-state index contributed by atoms with van der Waals surface area (Å²) < 4.78 is 0. The van der Waals surface area contributed by atoms with Crippen molar-refractivity contribution in [2.24, 2.45) is 0 Å². The number of hydrogen-bond donors (Lipinski definition) is 1. The summed E-state index contributed by atoms with van der Waals surface area (Å²) in [5.74, 6) is -1.10. The van der Waals surface area contributed by atoms with E-state index in [0.717, 1.165) is 15.9 Å². The molecule has 1 aromatic carbocycles. The van der Waals surface area contributed by atoms with Gasteiger partial charge in [0.1, 0.15) is 16.4 Å². The molecule has 3 aromatic rings. The van der Waals surface area contributed by atoms with Crippen LogP contribution in [0.3, 0.4) is 0 Å². The van der Waals surface area contributed by atoms with E-state index < -0.39 is 5.97 Å². The van der Waals surface area contributed by atoms with Gasteiger partial charge in [-0.15, -0.1) is 10.2 Å². The molecular formula is C13H8N4O2S. The van der Waals surface area contributed by atoms with Gasteiger partial charge in [0.25, 0.3) is 0 Å². The highest BCUT2D eigenvalue weighted by Gasteiger charge is 2.09. The van der Waals surface area contributed by atoms with E-state index in [1.54, 1.807) is 6.07 Å². The van der Waals surface area contributed by atoms with E-state index in [2.05, 4.69) is 20.2 Å². The van der Waals surface area contributed by atoms with E-state index in [4.69, 9.17) is 5.11 Å². The smallest absolute Gasteiger partial charge is 0.356 e. The van der Waals surface area contributed by atoms with Crippen LogP contribution in [0.5, 0.6) is 0 Å². The third-order valence-corrected chi connectivity index (χ3v) is 3.51. The first-order valence-electron chi connectivity index (χ1n) is 5.68. The second kappa shape index (κ2) is 5.22. The van der Waals surface area contributed by atoms with E-state index in [1.807, 2.05) is 24.3 Å². The Kier molecular flexibility index (Phi) is 3.26. The maximum absolute atomic E-state index is 10.7. The molecule has 0 aliphatic rings. The van der Waals surface area contributed by atoms with Gasteiger partial charge in [-0.2, -0.15) is 0 Å². The number of fused-ring (bicyclic) bond motifs is 1. The predicted molar refractivity (Wildman–Crippen MR) is 72.7 cm³/mol. The molecule has 0 aliphatic carbocycles. The average Bonchev–Trinajstić information content (AvgIpc) is 2.48. The van der Waals surface area contributed by atoms with Crippen LogP contribution in [0.1, 0.15) is 10.5 Å². The predicted octanol–water partition coefficient (Wildman–Crippen LogP) is 2.27. The van der Waals surface area contributed by atoms with E-state index in [1.165, 1.54) is 24.2 Å². The molecule has 0 unspecified atom stereocenters. The van der Waals surface area contributed by atoms with Crippen molar-refractivity contribution < 1.29 is 9.90 Å². The summed E-state index contributed by atoms with van der Waals surface area (Å²) in [4.78, 5) is 19.1. The molecule has 6 nitrogen and oxygen atoms in total. The standard InChI is InChI=1S/C13H8N4O2S/c18-13(19)10-5-6-11(17-16-10)20-12-8-3-1-2-4-9(8)14-7-15-12/h1-7H,(H,18,19). The molecule has 7 heteroatoms. The van der Waals surface area contributed by atoms with E-state index >= 15 is 0 Å². The van der Waals surface area contributed by atoms with E-state index in [9.17, 15) is 4.79 Å². The van der Waals surface area contributed by atoms with Gasteiger partial charge in [0, 0.05) is 5.39 Å². The molecule has 0 saturated heterocycles. The molecule has 20 heavy (non-hydrogen) atoms. The lowest BCUT2D eigenvalue weighted by Crippen LogP contribution is -2.01. The fraction of sp³-hybridized carbons (Fsp3) is 0. The maximum atomic E-state index is 10.7. The highest BCUT2D eigenvalue weighted by Crippen LogP contribution is 2.29. The molecule has 0 atom stereocenters. The van der Waals surface area contributed by atoms with Gasteiger partial charge in [-0.1, -0.05) is 18.2 Å². The van der Waals surface area contributed by atoms with Crippen LogP contribution in [0.4, 0.5) is 0 Å². The van der Waals surface area contributed by atoms with Crippen LogP contribution in [0, 0.1) is 0 Å². The molecular weight excluding hydrogens is 276 g/mol. The molecule has 0 radical (unpaired) electrons. The molecule has 0 fully saturated rings. The highest BCUT2D eigenvalue weighted by atomic mass is 32.2. The molecule has 0 amide bonds. The zero-order chi connectivity index (χ0) is 13.9. The number of carboxylic acid groups (broad SMARTS) is 1. The minimum atomic E-state index is -1.10.